The van der Waals surface area contributed by atoms with Crippen LogP contribution in [0.2, 0.25) is 0 Å². The number of carbonyl (C=O) groups is 1. The zero-order chi connectivity index (χ0) is 16.8. The molecule has 2 saturated heterocycles. The molecule has 2 aliphatic heterocycles. The topological polar surface area (TPSA) is 52.2 Å². The summed E-state index contributed by atoms with van der Waals surface area (Å²) in [5.74, 6) is 1.58. The van der Waals surface area contributed by atoms with Crippen LogP contribution in [0.25, 0.3) is 0 Å². The number of piperidine rings is 2. The third-order valence-corrected chi connectivity index (χ3v) is 6.21. The van der Waals surface area contributed by atoms with Crippen LogP contribution in [0.1, 0.15) is 37.8 Å². The van der Waals surface area contributed by atoms with Crippen LogP contribution in [0.5, 0.6) is 0 Å². The molecule has 2 aliphatic rings. The van der Waals surface area contributed by atoms with Gasteiger partial charge in [0.15, 0.2) is 0 Å². The van der Waals surface area contributed by atoms with Crippen LogP contribution < -0.4 is 0 Å². The number of aromatic amines is 1. The van der Waals surface area contributed by atoms with E-state index < -0.39 is 0 Å². The second kappa shape index (κ2) is 8.39. The Balaban J connectivity index is 1.55. The van der Waals surface area contributed by atoms with Gasteiger partial charge in [-0.3, -0.25) is 4.79 Å². The number of rotatable bonds is 7. The van der Waals surface area contributed by atoms with Crippen LogP contribution in [0.15, 0.2) is 12.5 Å². The SMILES string of the molecule is CSCCCN1CCC[C@]2(CCC(=O)N(CCc3cnc[nH]3)C2)C1. The van der Waals surface area contributed by atoms with Gasteiger partial charge in [0.05, 0.1) is 6.33 Å². The fourth-order valence-corrected chi connectivity index (χ4v) is 4.67. The van der Waals surface area contributed by atoms with E-state index in [2.05, 4.69) is 26.0 Å². The molecule has 0 bridgehead atoms. The second-order valence-electron chi connectivity index (χ2n) is 7.37. The van der Waals surface area contributed by atoms with Gasteiger partial charge in [-0.25, -0.2) is 4.98 Å². The predicted octanol–water partition coefficient (Wildman–Crippen LogP) is 2.41. The van der Waals surface area contributed by atoms with Gasteiger partial charge in [-0.05, 0) is 50.8 Å². The molecule has 1 aromatic rings. The normalized spacial score (nSPS) is 25.5. The Morgan fingerprint density at radius 2 is 2.25 bits per heavy atom. The third kappa shape index (κ3) is 4.54. The molecular formula is C18H30N4OS. The van der Waals surface area contributed by atoms with Crippen molar-refractivity contribution in [3.8, 4) is 0 Å². The predicted molar refractivity (Wildman–Crippen MR) is 99.2 cm³/mol. The summed E-state index contributed by atoms with van der Waals surface area (Å²) in [7, 11) is 0. The zero-order valence-electron chi connectivity index (χ0n) is 14.8. The molecule has 1 atom stereocenters. The van der Waals surface area contributed by atoms with Gasteiger partial charge in [0.2, 0.25) is 5.91 Å². The minimum absolute atomic E-state index is 0.333. The average molecular weight is 351 g/mol. The van der Waals surface area contributed by atoms with Crippen LogP contribution in [-0.2, 0) is 11.2 Å². The van der Waals surface area contributed by atoms with E-state index >= 15 is 0 Å². The van der Waals surface area contributed by atoms with Gasteiger partial charge < -0.3 is 14.8 Å². The van der Waals surface area contributed by atoms with Gasteiger partial charge in [-0.15, -0.1) is 0 Å². The Kier molecular flexibility index (Phi) is 6.22. The first kappa shape index (κ1) is 17.8. The highest BCUT2D eigenvalue weighted by Crippen LogP contribution is 2.38. The number of imidazole rings is 1. The molecule has 1 spiro atoms. The Morgan fingerprint density at radius 3 is 3.04 bits per heavy atom. The molecule has 1 amide bonds. The van der Waals surface area contributed by atoms with Crippen molar-refractivity contribution in [2.75, 3.05) is 44.7 Å². The molecule has 5 nitrogen and oxygen atoms in total. The number of amides is 1. The minimum Gasteiger partial charge on any atom is -0.348 e. The molecule has 1 N–H and O–H groups in total. The van der Waals surface area contributed by atoms with E-state index in [4.69, 9.17) is 0 Å². The summed E-state index contributed by atoms with van der Waals surface area (Å²) in [6.45, 7) is 5.38. The summed E-state index contributed by atoms with van der Waals surface area (Å²) in [5.41, 5.74) is 1.45. The largest absolute Gasteiger partial charge is 0.348 e. The molecule has 0 aliphatic carbocycles. The van der Waals surface area contributed by atoms with E-state index in [0.29, 0.717) is 11.3 Å². The number of likely N-dealkylation sites (tertiary alicyclic amines) is 2. The van der Waals surface area contributed by atoms with Gasteiger partial charge in [0.1, 0.15) is 0 Å². The van der Waals surface area contributed by atoms with Gasteiger partial charge in [-0.1, -0.05) is 0 Å². The summed E-state index contributed by atoms with van der Waals surface area (Å²) in [4.78, 5) is 24.3. The monoisotopic (exact) mass is 350 g/mol. The van der Waals surface area contributed by atoms with Crippen molar-refractivity contribution in [2.24, 2.45) is 5.41 Å². The number of H-pyrrole nitrogens is 1. The maximum Gasteiger partial charge on any atom is 0.222 e. The number of aromatic nitrogens is 2. The van der Waals surface area contributed by atoms with Crippen LogP contribution in [0, 0.1) is 5.41 Å². The van der Waals surface area contributed by atoms with Crippen LogP contribution in [0.4, 0.5) is 0 Å². The fourth-order valence-electron chi connectivity index (χ4n) is 4.25. The molecule has 24 heavy (non-hydrogen) atoms. The molecule has 0 aromatic carbocycles. The van der Waals surface area contributed by atoms with Crippen molar-refractivity contribution in [2.45, 2.75) is 38.5 Å². The quantitative estimate of drug-likeness (QED) is 0.767. The van der Waals surface area contributed by atoms with E-state index in [1.54, 1.807) is 6.33 Å². The lowest BCUT2D eigenvalue weighted by Gasteiger charge is -2.48. The molecule has 1 aromatic heterocycles. The third-order valence-electron chi connectivity index (χ3n) is 5.52. The standard InChI is InChI=1S/C18H30N4OS/c1-24-11-3-9-21-8-2-6-18(13-21)7-4-17(23)22(14-18)10-5-16-12-19-15-20-16/h12,15H,2-11,13-14H2,1H3,(H,19,20)/t18-/m0/s1. The lowest BCUT2D eigenvalue weighted by atomic mass is 9.73. The first-order valence-electron chi connectivity index (χ1n) is 9.17. The highest BCUT2D eigenvalue weighted by molar-refractivity contribution is 7.98. The Labute approximate surface area is 149 Å². The second-order valence-corrected chi connectivity index (χ2v) is 8.35. The summed E-state index contributed by atoms with van der Waals surface area (Å²) >= 11 is 1.94. The van der Waals surface area contributed by atoms with Crippen molar-refractivity contribution >= 4 is 17.7 Å². The van der Waals surface area contributed by atoms with E-state index in [1.165, 1.54) is 44.6 Å². The summed E-state index contributed by atoms with van der Waals surface area (Å²) in [5, 5.41) is 0. The van der Waals surface area contributed by atoms with Crippen molar-refractivity contribution in [1.82, 2.24) is 19.8 Å². The van der Waals surface area contributed by atoms with Gasteiger partial charge in [-0.2, -0.15) is 11.8 Å². The first-order chi connectivity index (χ1) is 11.7. The lowest BCUT2D eigenvalue weighted by molar-refractivity contribution is -0.139. The maximum absolute atomic E-state index is 12.4. The van der Waals surface area contributed by atoms with E-state index in [-0.39, 0.29) is 0 Å². The number of hydrogen-bond donors (Lipinski definition) is 1. The number of carbonyl (C=O) groups excluding carboxylic acids is 1. The van der Waals surface area contributed by atoms with Crippen LogP contribution >= 0.6 is 11.8 Å². The summed E-state index contributed by atoms with van der Waals surface area (Å²) in [6.07, 6.45) is 12.3. The van der Waals surface area contributed by atoms with Crippen molar-refractivity contribution in [3.05, 3.63) is 18.2 Å². The molecule has 2 fully saturated rings. The molecule has 134 valence electrons. The number of nitrogens with one attached hydrogen (secondary N) is 1. The van der Waals surface area contributed by atoms with Crippen LogP contribution in [-0.4, -0.2) is 70.4 Å². The Bertz CT molecular complexity index is 521. The highest BCUT2D eigenvalue weighted by Gasteiger charge is 2.41. The smallest absolute Gasteiger partial charge is 0.222 e. The minimum atomic E-state index is 0.333. The summed E-state index contributed by atoms with van der Waals surface area (Å²) < 4.78 is 0. The molecule has 0 unspecified atom stereocenters. The fraction of sp³-hybridized carbons (Fsp3) is 0.778. The molecule has 3 rings (SSSR count). The van der Waals surface area contributed by atoms with E-state index in [0.717, 1.165) is 38.0 Å². The molecule has 6 heteroatoms. The van der Waals surface area contributed by atoms with Gasteiger partial charge in [0, 0.05) is 49.8 Å². The van der Waals surface area contributed by atoms with Crippen molar-refractivity contribution in [3.63, 3.8) is 0 Å². The van der Waals surface area contributed by atoms with Gasteiger partial charge >= 0.3 is 0 Å². The molecule has 3 heterocycles. The summed E-state index contributed by atoms with van der Waals surface area (Å²) in [6, 6.07) is 0. The van der Waals surface area contributed by atoms with E-state index in [9.17, 15) is 4.79 Å². The maximum atomic E-state index is 12.4. The Hall–Kier alpha value is -1.01. The lowest BCUT2D eigenvalue weighted by Crippen LogP contribution is -2.54. The number of hydrogen-bond acceptors (Lipinski definition) is 4. The zero-order valence-corrected chi connectivity index (χ0v) is 15.6. The number of nitrogens with zero attached hydrogens (tertiary/aromatic N) is 3. The van der Waals surface area contributed by atoms with Crippen molar-refractivity contribution < 1.29 is 4.79 Å². The average Bonchev–Trinajstić information content (AvgIpc) is 3.10. The van der Waals surface area contributed by atoms with Crippen molar-refractivity contribution in [1.29, 1.82) is 0 Å². The van der Waals surface area contributed by atoms with E-state index in [1.807, 2.05) is 18.0 Å². The number of thioether (sulfide) groups is 1. The highest BCUT2D eigenvalue weighted by atomic mass is 32.2. The van der Waals surface area contributed by atoms with Crippen LogP contribution in [0.3, 0.4) is 0 Å². The Morgan fingerprint density at radius 1 is 1.33 bits per heavy atom. The molecule has 0 radical (unpaired) electrons. The van der Waals surface area contributed by atoms with Gasteiger partial charge in [0.25, 0.3) is 0 Å². The molecule has 0 saturated carbocycles. The first-order valence-corrected chi connectivity index (χ1v) is 10.6. The molecular weight excluding hydrogens is 320 g/mol.